The Hall–Kier alpha value is 0.140. The molecule has 76 valence electrons. The zero-order valence-electron chi connectivity index (χ0n) is 9.66. The van der Waals surface area contributed by atoms with Crippen LogP contribution in [0.25, 0.3) is 0 Å². The van der Waals surface area contributed by atoms with Crippen molar-refractivity contribution >= 4 is 0 Å². The van der Waals surface area contributed by atoms with Crippen LogP contribution < -0.4 is 34.7 Å². The van der Waals surface area contributed by atoms with Gasteiger partial charge in [-0.25, -0.2) is 0 Å². The summed E-state index contributed by atoms with van der Waals surface area (Å²) in [6.45, 7) is 5.58. The maximum absolute atomic E-state index is 8.93. The van der Waals surface area contributed by atoms with Gasteiger partial charge in [0.25, 0.3) is 0 Å². The Kier molecular flexibility index (Phi) is 26.5. The van der Waals surface area contributed by atoms with E-state index in [1.54, 1.807) is 13.8 Å². The van der Waals surface area contributed by atoms with Gasteiger partial charge < -0.3 is 10.2 Å². The summed E-state index contributed by atoms with van der Waals surface area (Å²) in [4.78, 5) is 0. The molecule has 0 heterocycles. The van der Waals surface area contributed by atoms with E-state index in [4.69, 9.17) is 10.2 Å². The van der Waals surface area contributed by atoms with Crippen molar-refractivity contribution in [1.29, 1.82) is 0 Å². The molecule has 2 nitrogen and oxygen atoms in total. The molecule has 0 aliphatic rings. The van der Waals surface area contributed by atoms with Gasteiger partial charge in [0.2, 0.25) is 0 Å². The average Bonchev–Trinajstić information content (AvgIpc) is 2.08. The van der Waals surface area contributed by atoms with Crippen molar-refractivity contribution in [2.75, 3.05) is 13.2 Å². The predicted octanol–water partition coefficient (Wildman–Crippen LogP) is -1.64. The molecule has 1 aromatic rings. The van der Waals surface area contributed by atoms with Gasteiger partial charge in [0, 0.05) is 6.61 Å². The molecule has 0 aliphatic carbocycles. The second-order valence-electron chi connectivity index (χ2n) is 2.26. The molecule has 1 N–H and O–H groups in total. The standard InChI is InChI=1S/C7H8.C2H6O.C2H5O.Na/c1-7-5-3-2-4-6-7;2*1-2-3;/h2-6H,1H3;3H,2H2,1H3;2H2,1H3;/q;;-1;+1. The number of aliphatic hydroxyl groups excluding tert-OH is 1. The van der Waals surface area contributed by atoms with Crippen LogP contribution in [0.5, 0.6) is 0 Å². The summed E-state index contributed by atoms with van der Waals surface area (Å²) < 4.78 is 0. The SMILES string of the molecule is CCO.CC[O-].Cc1ccccc1.[Na+]. The number of aryl methyl sites for hydroxylation is 1. The zero-order chi connectivity index (χ0) is 10.5. The molecule has 0 aromatic heterocycles. The van der Waals surface area contributed by atoms with E-state index in [1.807, 2.05) is 18.2 Å². The third-order valence-corrected chi connectivity index (χ3v) is 0.940. The van der Waals surface area contributed by atoms with Gasteiger partial charge in [-0.05, 0) is 13.8 Å². The van der Waals surface area contributed by atoms with Crippen molar-refractivity contribution in [1.82, 2.24) is 0 Å². The Balaban J connectivity index is -0.000000150. The van der Waals surface area contributed by atoms with Gasteiger partial charge >= 0.3 is 29.6 Å². The fourth-order valence-electron chi connectivity index (χ4n) is 0.534. The summed E-state index contributed by atoms with van der Waals surface area (Å²) in [6, 6.07) is 10.3. The third-order valence-electron chi connectivity index (χ3n) is 0.940. The fourth-order valence-corrected chi connectivity index (χ4v) is 0.534. The first-order chi connectivity index (χ1) is 6.22. The first kappa shape index (κ1) is 19.7. The van der Waals surface area contributed by atoms with Crippen LogP contribution in [0.4, 0.5) is 0 Å². The van der Waals surface area contributed by atoms with Gasteiger partial charge in [-0.3, -0.25) is 0 Å². The summed E-state index contributed by atoms with van der Waals surface area (Å²) in [5, 5.41) is 16.5. The van der Waals surface area contributed by atoms with E-state index in [-0.39, 0.29) is 42.8 Å². The minimum atomic E-state index is 0. The fraction of sp³-hybridized carbons (Fsp3) is 0.455. The maximum atomic E-state index is 8.93. The number of rotatable bonds is 0. The molecular formula is C11H19NaO2. The van der Waals surface area contributed by atoms with E-state index in [2.05, 4.69) is 19.1 Å². The number of hydrogen-bond donors (Lipinski definition) is 1. The minimum absolute atomic E-state index is 0. The maximum Gasteiger partial charge on any atom is 1.00 e. The van der Waals surface area contributed by atoms with Crippen LogP contribution in [-0.4, -0.2) is 18.3 Å². The second-order valence-corrected chi connectivity index (χ2v) is 2.26. The van der Waals surface area contributed by atoms with Crippen LogP contribution in [0.1, 0.15) is 19.4 Å². The van der Waals surface area contributed by atoms with Crippen LogP contribution in [-0.2, 0) is 0 Å². The van der Waals surface area contributed by atoms with E-state index < -0.39 is 0 Å². The largest absolute Gasteiger partial charge is 1.00 e. The zero-order valence-corrected chi connectivity index (χ0v) is 11.7. The Bertz CT molecular complexity index is 164. The van der Waals surface area contributed by atoms with Crippen molar-refractivity contribution in [3.8, 4) is 0 Å². The molecule has 3 heteroatoms. The van der Waals surface area contributed by atoms with Crippen LogP contribution in [0.3, 0.4) is 0 Å². The van der Waals surface area contributed by atoms with Crippen molar-refractivity contribution < 1.29 is 39.8 Å². The first-order valence-corrected chi connectivity index (χ1v) is 4.43. The Morgan fingerprint density at radius 2 is 1.43 bits per heavy atom. The summed E-state index contributed by atoms with van der Waals surface area (Å²) in [6.07, 6.45) is 0. The van der Waals surface area contributed by atoms with Gasteiger partial charge in [-0.1, -0.05) is 42.8 Å². The Morgan fingerprint density at radius 3 is 1.57 bits per heavy atom. The summed E-state index contributed by atoms with van der Waals surface area (Å²) in [5.74, 6) is 0. The topological polar surface area (TPSA) is 43.3 Å². The summed E-state index contributed by atoms with van der Waals surface area (Å²) in [5.41, 5.74) is 1.32. The molecular weight excluding hydrogens is 187 g/mol. The van der Waals surface area contributed by atoms with Gasteiger partial charge in [0.15, 0.2) is 0 Å². The predicted molar refractivity (Wildman–Crippen MR) is 54.5 cm³/mol. The first-order valence-electron chi connectivity index (χ1n) is 4.43. The van der Waals surface area contributed by atoms with E-state index in [0.29, 0.717) is 0 Å². The molecule has 1 aromatic carbocycles. The molecule has 0 unspecified atom stereocenters. The molecule has 0 amide bonds. The van der Waals surface area contributed by atoms with E-state index >= 15 is 0 Å². The van der Waals surface area contributed by atoms with Crippen LogP contribution >= 0.6 is 0 Å². The molecule has 0 fully saturated rings. The summed E-state index contributed by atoms with van der Waals surface area (Å²) >= 11 is 0. The molecule has 0 spiro atoms. The quantitative estimate of drug-likeness (QED) is 0.518. The van der Waals surface area contributed by atoms with E-state index in [1.165, 1.54) is 5.56 Å². The van der Waals surface area contributed by atoms with Crippen LogP contribution in [0.2, 0.25) is 0 Å². The molecule has 0 saturated carbocycles. The molecule has 14 heavy (non-hydrogen) atoms. The smallest absolute Gasteiger partial charge is 0.855 e. The van der Waals surface area contributed by atoms with Crippen LogP contribution in [0.15, 0.2) is 30.3 Å². The Labute approximate surface area is 109 Å². The van der Waals surface area contributed by atoms with Crippen LogP contribution in [0, 0.1) is 6.92 Å². The normalized spacial score (nSPS) is 6.93. The molecule has 1 rings (SSSR count). The average molecular weight is 206 g/mol. The van der Waals surface area contributed by atoms with Crippen molar-refractivity contribution in [2.24, 2.45) is 0 Å². The molecule has 0 bridgehead atoms. The second kappa shape index (κ2) is 18.8. The monoisotopic (exact) mass is 206 g/mol. The van der Waals surface area contributed by atoms with Crippen molar-refractivity contribution in [3.63, 3.8) is 0 Å². The third kappa shape index (κ3) is 22.7. The van der Waals surface area contributed by atoms with Gasteiger partial charge in [0.1, 0.15) is 0 Å². The molecule has 0 aliphatic heterocycles. The number of benzene rings is 1. The molecule has 0 atom stereocenters. The minimum Gasteiger partial charge on any atom is -0.855 e. The molecule has 0 radical (unpaired) electrons. The molecule has 0 saturated heterocycles. The summed E-state index contributed by atoms with van der Waals surface area (Å²) in [7, 11) is 0. The Morgan fingerprint density at radius 1 is 1.14 bits per heavy atom. The number of aliphatic hydroxyl groups is 1. The van der Waals surface area contributed by atoms with Gasteiger partial charge in [-0.15, -0.1) is 6.61 Å². The van der Waals surface area contributed by atoms with E-state index in [9.17, 15) is 0 Å². The van der Waals surface area contributed by atoms with Gasteiger partial charge in [-0.2, -0.15) is 0 Å². The number of hydrogen-bond acceptors (Lipinski definition) is 2. The van der Waals surface area contributed by atoms with Gasteiger partial charge in [0.05, 0.1) is 0 Å². The van der Waals surface area contributed by atoms with E-state index in [0.717, 1.165) is 0 Å². The van der Waals surface area contributed by atoms with Crippen molar-refractivity contribution in [3.05, 3.63) is 35.9 Å². The van der Waals surface area contributed by atoms with Crippen molar-refractivity contribution in [2.45, 2.75) is 20.8 Å².